The van der Waals surface area contributed by atoms with Gasteiger partial charge in [0.1, 0.15) is 6.61 Å². The monoisotopic (exact) mass is 382 g/mol. The number of carbonyl (C=O) groups is 2. The average molecular weight is 382 g/mol. The molecule has 0 saturated heterocycles. The molecule has 3 aromatic rings. The summed E-state index contributed by atoms with van der Waals surface area (Å²) in [4.78, 5) is 35.4. The Labute approximate surface area is 158 Å². The topological polar surface area (TPSA) is 98.5 Å². The van der Waals surface area contributed by atoms with Gasteiger partial charge in [-0.05, 0) is 35.7 Å². The Balaban J connectivity index is 1.67. The summed E-state index contributed by atoms with van der Waals surface area (Å²) in [7, 11) is 0. The number of hydrogen-bond acceptors (Lipinski definition) is 6. The van der Waals surface area contributed by atoms with Gasteiger partial charge >= 0.3 is 5.97 Å². The molecule has 1 heterocycles. The van der Waals surface area contributed by atoms with E-state index in [9.17, 15) is 19.7 Å². The van der Waals surface area contributed by atoms with Crippen molar-refractivity contribution in [3.05, 3.63) is 92.2 Å². The van der Waals surface area contributed by atoms with Gasteiger partial charge in [-0.25, -0.2) is 4.79 Å². The van der Waals surface area contributed by atoms with Crippen LogP contribution in [0, 0.1) is 10.1 Å². The molecule has 0 aliphatic carbocycles. The van der Waals surface area contributed by atoms with Crippen molar-refractivity contribution in [2.75, 3.05) is 5.32 Å². The summed E-state index contributed by atoms with van der Waals surface area (Å²) in [5.41, 5.74) is 0.881. The van der Waals surface area contributed by atoms with E-state index < -0.39 is 10.9 Å². The third kappa shape index (κ3) is 4.56. The smallest absolute Gasteiger partial charge is 0.338 e. The van der Waals surface area contributed by atoms with Crippen LogP contribution in [0.4, 0.5) is 11.4 Å². The fraction of sp³-hybridized carbons (Fsp3) is 0.0526. The molecule has 7 nitrogen and oxygen atoms in total. The molecule has 136 valence electrons. The van der Waals surface area contributed by atoms with Crippen molar-refractivity contribution in [3.8, 4) is 0 Å². The lowest BCUT2D eigenvalue weighted by Crippen LogP contribution is -2.11. The Bertz CT molecular complexity index is 985. The van der Waals surface area contributed by atoms with Crippen molar-refractivity contribution < 1.29 is 19.2 Å². The minimum absolute atomic E-state index is 0.109. The lowest BCUT2D eigenvalue weighted by Gasteiger charge is -2.08. The molecule has 1 aromatic heterocycles. The lowest BCUT2D eigenvalue weighted by atomic mass is 10.2. The SMILES string of the molecule is O=C(OCc1ccccc1[N+](=O)[O-])c1cccc(NC(=O)c2cccs2)c1. The van der Waals surface area contributed by atoms with Crippen molar-refractivity contribution in [2.45, 2.75) is 6.61 Å². The van der Waals surface area contributed by atoms with Gasteiger partial charge in [0.05, 0.1) is 20.9 Å². The summed E-state index contributed by atoms with van der Waals surface area (Å²) >= 11 is 1.31. The molecular weight excluding hydrogens is 368 g/mol. The van der Waals surface area contributed by atoms with Gasteiger partial charge in [0, 0.05) is 11.8 Å². The maximum absolute atomic E-state index is 12.3. The van der Waals surface area contributed by atoms with Crippen LogP contribution < -0.4 is 5.32 Å². The van der Waals surface area contributed by atoms with Gasteiger partial charge in [-0.15, -0.1) is 11.3 Å². The number of amides is 1. The van der Waals surface area contributed by atoms with Crippen LogP contribution in [0.25, 0.3) is 0 Å². The first-order valence-corrected chi connectivity index (χ1v) is 8.77. The minimum atomic E-state index is -0.639. The van der Waals surface area contributed by atoms with Crippen molar-refractivity contribution >= 4 is 34.6 Å². The highest BCUT2D eigenvalue weighted by Crippen LogP contribution is 2.20. The molecule has 0 aliphatic rings. The van der Waals surface area contributed by atoms with Crippen LogP contribution >= 0.6 is 11.3 Å². The number of ether oxygens (including phenoxy) is 1. The molecule has 1 amide bonds. The van der Waals surface area contributed by atoms with E-state index in [1.807, 2.05) is 0 Å². The molecule has 0 fully saturated rings. The first-order valence-electron chi connectivity index (χ1n) is 7.89. The number of carbonyl (C=O) groups excluding carboxylic acids is 2. The maximum Gasteiger partial charge on any atom is 0.338 e. The summed E-state index contributed by atoms with van der Waals surface area (Å²) in [6, 6.07) is 15.8. The van der Waals surface area contributed by atoms with Crippen LogP contribution in [0.2, 0.25) is 0 Å². The summed E-state index contributed by atoms with van der Waals surface area (Å²) in [5, 5.41) is 15.5. The zero-order valence-electron chi connectivity index (χ0n) is 14.0. The molecule has 3 rings (SSSR count). The molecule has 27 heavy (non-hydrogen) atoms. The van der Waals surface area contributed by atoms with Crippen molar-refractivity contribution in [1.82, 2.24) is 0 Å². The van der Waals surface area contributed by atoms with E-state index in [2.05, 4.69) is 5.32 Å². The number of nitro benzene ring substituents is 1. The molecule has 0 aliphatic heterocycles. The fourth-order valence-corrected chi connectivity index (χ4v) is 2.98. The Hall–Kier alpha value is -3.52. The summed E-state index contributed by atoms with van der Waals surface area (Å²) < 4.78 is 5.18. The van der Waals surface area contributed by atoms with Crippen LogP contribution in [0.15, 0.2) is 66.0 Å². The highest BCUT2D eigenvalue weighted by atomic mass is 32.1. The Morgan fingerprint density at radius 3 is 2.63 bits per heavy atom. The predicted octanol–water partition coefficient (Wildman–Crippen LogP) is 4.27. The minimum Gasteiger partial charge on any atom is -0.457 e. The van der Waals surface area contributed by atoms with E-state index >= 15 is 0 Å². The zero-order chi connectivity index (χ0) is 19.2. The fourth-order valence-electron chi connectivity index (χ4n) is 2.36. The number of para-hydroxylation sites is 1. The molecule has 0 bridgehead atoms. The number of benzene rings is 2. The second kappa shape index (κ2) is 8.24. The van der Waals surface area contributed by atoms with E-state index in [0.29, 0.717) is 16.1 Å². The highest BCUT2D eigenvalue weighted by molar-refractivity contribution is 7.12. The Morgan fingerprint density at radius 1 is 1.07 bits per heavy atom. The number of esters is 1. The van der Waals surface area contributed by atoms with Crippen molar-refractivity contribution in [3.63, 3.8) is 0 Å². The van der Waals surface area contributed by atoms with E-state index in [1.165, 1.54) is 29.5 Å². The average Bonchev–Trinajstić information content (AvgIpc) is 3.21. The molecule has 0 radical (unpaired) electrons. The van der Waals surface area contributed by atoms with E-state index in [0.717, 1.165) is 0 Å². The molecule has 8 heteroatoms. The summed E-state index contributed by atoms with van der Waals surface area (Å²) in [5.74, 6) is -0.907. The van der Waals surface area contributed by atoms with Gasteiger partial charge in [-0.1, -0.05) is 24.3 Å². The van der Waals surface area contributed by atoms with Crippen LogP contribution in [-0.2, 0) is 11.3 Å². The Morgan fingerprint density at radius 2 is 1.89 bits per heavy atom. The van der Waals surface area contributed by atoms with E-state index in [4.69, 9.17) is 4.74 Å². The zero-order valence-corrected chi connectivity index (χ0v) is 14.8. The molecular formula is C19H14N2O5S. The number of nitrogens with zero attached hydrogens (tertiary/aromatic N) is 1. The number of anilines is 1. The number of nitrogens with one attached hydrogen (secondary N) is 1. The van der Waals surface area contributed by atoms with Crippen LogP contribution in [0.3, 0.4) is 0 Å². The molecule has 0 atom stereocenters. The number of thiophene rings is 1. The highest BCUT2D eigenvalue weighted by Gasteiger charge is 2.15. The van der Waals surface area contributed by atoms with Crippen molar-refractivity contribution in [1.29, 1.82) is 0 Å². The van der Waals surface area contributed by atoms with Crippen LogP contribution in [0.1, 0.15) is 25.6 Å². The maximum atomic E-state index is 12.3. The second-order valence-corrected chi connectivity index (χ2v) is 6.42. The second-order valence-electron chi connectivity index (χ2n) is 5.47. The molecule has 0 unspecified atom stereocenters. The van der Waals surface area contributed by atoms with Gasteiger partial charge < -0.3 is 10.1 Å². The lowest BCUT2D eigenvalue weighted by molar-refractivity contribution is -0.385. The van der Waals surface area contributed by atoms with Gasteiger partial charge in [-0.3, -0.25) is 14.9 Å². The number of nitro groups is 1. The standard InChI is InChI=1S/C19H14N2O5S/c22-18(17-9-4-10-27-17)20-15-7-3-6-13(11-15)19(23)26-12-14-5-1-2-8-16(14)21(24)25/h1-11H,12H2,(H,20,22). The Kier molecular flexibility index (Phi) is 5.58. The largest absolute Gasteiger partial charge is 0.457 e. The quantitative estimate of drug-likeness (QED) is 0.390. The predicted molar refractivity (Wildman–Crippen MR) is 101 cm³/mol. The first kappa shape index (κ1) is 18.3. The van der Waals surface area contributed by atoms with E-state index in [1.54, 1.807) is 47.8 Å². The molecule has 1 N–H and O–H groups in total. The van der Waals surface area contributed by atoms with Crippen LogP contribution in [-0.4, -0.2) is 16.8 Å². The molecule has 0 saturated carbocycles. The number of rotatable bonds is 6. The molecule has 2 aromatic carbocycles. The summed E-state index contributed by atoms with van der Waals surface area (Å²) in [6.45, 7) is -0.220. The van der Waals surface area contributed by atoms with Gasteiger partial charge in [0.25, 0.3) is 11.6 Å². The third-order valence-electron chi connectivity index (χ3n) is 3.65. The van der Waals surface area contributed by atoms with E-state index in [-0.39, 0.29) is 23.8 Å². The molecule has 0 spiro atoms. The normalized spacial score (nSPS) is 10.2. The van der Waals surface area contributed by atoms with Gasteiger partial charge in [0.15, 0.2) is 0 Å². The van der Waals surface area contributed by atoms with Crippen LogP contribution in [0.5, 0.6) is 0 Å². The van der Waals surface area contributed by atoms with Gasteiger partial charge in [0.2, 0.25) is 0 Å². The first-order chi connectivity index (χ1) is 13.0. The van der Waals surface area contributed by atoms with Gasteiger partial charge in [-0.2, -0.15) is 0 Å². The number of hydrogen-bond donors (Lipinski definition) is 1. The summed E-state index contributed by atoms with van der Waals surface area (Å²) in [6.07, 6.45) is 0. The third-order valence-corrected chi connectivity index (χ3v) is 4.52. The van der Waals surface area contributed by atoms with Crippen molar-refractivity contribution in [2.24, 2.45) is 0 Å².